The van der Waals surface area contributed by atoms with E-state index in [0.717, 1.165) is 12.8 Å². The highest BCUT2D eigenvalue weighted by atomic mass is 32.2. The Kier molecular flexibility index (Phi) is 6.37. The average Bonchev–Trinajstić information content (AvgIpc) is 2.48. The molecule has 0 radical (unpaired) electrons. The van der Waals surface area contributed by atoms with Gasteiger partial charge in [0.15, 0.2) is 0 Å². The summed E-state index contributed by atoms with van der Waals surface area (Å²) in [6.45, 7) is 8.89. The molecule has 2 amide bonds. The van der Waals surface area contributed by atoms with Crippen molar-refractivity contribution in [2.45, 2.75) is 70.2 Å². The third-order valence-electron chi connectivity index (χ3n) is 4.55. The first-order chi connectivity index (χ1) is 9.48. The Labute approximate surface area is 127 Å². The smallest absolute Gasteiger partial charge is 0.245 e. The van der Waals surface area contributed by atoms with E-state index in [1.807, 2.05) is 30.5 Å². The fraction of sp³-hybridized carbons (Fsp3) is 0.867. The Morgan fingerprint density at radius 2 is 1.75 bits per heavy atom. The number of carbonyl (C=O) groups is 2. The van der Waals surface area contributed by atoms with Gasteiger partial charge in [-0.3, -0.25) is 9.59 Å². The van der Waals surface area contributed by atoms with Crippen molar-refractivity contribution in [1.29, 1.82) is 0 Å². The van der Waals surface area contributed by atoms with Gasteiger partial charge in [0.2, 0.25) is 11.8 Å². The molecule has 20 heavy (non-hydrogen) atoms. The van der Waals surface area contributed by atoms with Gasteiger partial charge in [-0.1, -0.05) is 27.7 Å². The van der Waals surface area contributed by atoms with Crippen molar-refractivity contribution in [3.05, 3.63) is 0 Å². The average molecular weight is 300 g/mol. The molecule has 5 heteroatoms. The van der Waals surface area contributed by atoms with Crippen LogP contribution in [0.3, 0.4) is 0 Å². The van der Waals surface area contributed by atoms with Gasteiger partial charge < -0.3 is 10.2 Å². The van der Waals surface area contributed by atoms with E-state index in [-0.39, 0.29) is 28.6 Å². The molecule has 0 spiro atoms. The Balaban J connectivity index is 3.02. The molecule has 116 valence electrons. The van der Waals surface area contributed by atoms with Crippen LogP contribution in [0.2, 0.25) is 0 Å². The molecule has 1 aliphatic heterocycles. The van der Waals surface area contributed by atoms with Gasteiger partial charge in [-0.15, -0.1) is 0 Å². The van der Waals surface area contributed by atoms with Crippen molar-refractivity contribution in [3.8, 4) is 0 Å². The van der Waals surface area contributed by atoms with Crippen LogP contribution >= 0.6 is 11.8 Å². The minimum atomic E-state index is -0.349. The minimum absolute atomic E-state index is 0.00107. The van der Waals surface area contributed by atoms with Crippen molar-refractivity contribution in [2.24, 2.45) is 0 Å². The molecular formula is C15H28N2O2S. The largest absolute Gasteiger partial charge is 0.343 e. The van der Waals surface area contributed by atoms with Gasteiger partial charge in [0.1, 0.15) is 12.1 Å². The summed E-state index contributed by atoms with van der Waals surface area (Å²) in [5.74, 6) is 0.0837. The fourth-order valence-corrected chi connectivity index (χ4v) is 3.68. The van der Waals surface area contributed by atoms with Gasteiger partial charge >= 0.3 is 0 Å². The lowest BCUT2D eigenvalue weighted by molar-refractivity contribution is -0.150. The van der Waals surface area contributed by atoms with Crippen LogP contribution in [0.4, 0.5) is 0 Å². The highest BCUT2D eigenvalue weighted by Gasteiger charge is 2.42. The first kappa shape index (κ1) is 17.3. The van der Waals surface area contributed by atoms with Crippen LogP contribution in [0, 0.1) is 0 Å². The molecule has 0 aromatic heterocycles. The molecule has 0 saturated carbocycles. The summed E-state index contributed by atoms with van der Waals surface area (Å²) in [6, 6.07) is -0.659. The molecule has 1 saturated heterocycles. The second kappa shape index (κ2) is 7.34. The fourth-order valence-electron chi connectivity index (χ4n) is 2.83. The monoisotopic (exact) mass is 300 g/mol. The minimum Gasteiger partial charge on any atom is -0.343 e. The highest BCUT2D eigenvalue weighted by molar-refractivity contribution is 8.00. The molecule has 2 unspecified atom stereocenters. The Hall–Kier alpha value is -0.710. The summed E-state index contributed by atoms with van der Waals surface area (Å²) in [7, 11) is 0. The van der Waals surface area contributed by atoms with Crippen molar-refractivity contribution in [1.82, 2.24) is 10.2 Å². The highest BCUT2D eigenvalue weighted by Crippen LogP contribution is 2.33. The van der Waals surface area contributed by atoms with Gasteiger partial charge in [-0.2, -0.15) is 11.8 Å². The van der Waals surface area contributed by atoms with Gasteiger partial charge in [-0.05, 0) is 31.9 Å². The van der Waals surface area contributed by atoms with Crippen LogP contribution in [0.1, 0.15) is 53.4 Å². The van der Waals surface area contributed by atoms with E-state index in [4.69, 9.17) is 0 Å². The summed E-state index contributed by atoms with van der Waals surface area (Å²) in [6.07, 6.45) is 5.43. The summed E-state index contributed by atoms with van der Waals surface area (Å²) >= 11 is 1.81. The second-order valence-electron chi connectivity index (χ2n) is 5.45. The molecule has 1 fully saturated rings. The summed E-state index contributed by atoms with van der Waals surface area (Å²) in [5.41, 5.74) is 0. The molecule has 0 aromatic carbocycles. The molecular weight excluding hydrogens is 272 g/mol. The molecule has 1 N–H and O–H groups in total. The van der Waals surface area contributed by atoms with Crippen LogP contribution in [0.15, 0.2) is 0 Å². The zero-order chi connectivity index (χ0) is 15.3. The van der Waals surface area contributed by atoms with Crippen molar-refractivity contribution < 1.29 is 9.59 Å². The van der Waals surface area contributed by atoms with E-state index in [1.165, 1.54) is 0 Å². The number of carbonyl (C=O) groups excluding carboxylic acids is 2. The summed E-state index contributed by atoms with van der Waals surface area (Å²) < 4.78 is 0.0546. The molecule has 2 atom stereocenters. The van der Waals surface area contributed by atoms with Gasteiger partial charge in [-0.25, -0.2) is 0 Å². The normalized spacial score (nSPS) is 23.9. The lowest BCUT2D eigenvalue weighted by Crippen LogP contribution is -2.65. The molecule has 0 aliphatic carbocycles. The lowest BCUT2D eigenvalue weighted by atomic mass is 9.96. The van der Waals surface area contributed by atoms with Gasteiger partial charge in [0, 0.05) is 11.3 Å². The Morgan fingerprint density at radius 3 is 2.15 bits per heavy atom. The third kappa shape index (κ3) is 3.30. The molecule has 1 aliphatic rings. The second-order valence-corrected chi connectivity index (χ2v) is 6.73. The Bertz CT molecular complexity index is 348. The number of thioether (sulfide) groups is 1. The number of piperazine rings is 1. The van der Waals surface area contributed by atoms with E-state index in [1.54, 1.807) is 0 Å². The van der Waals surface area contributed by atoms with Crippen LogP contribution in [-0.4, -0.2) is 46.3 Å². The first-order valence-corrected chi connectivity index (χ1v) is 8.87. The number of nitrogens with zero attached hydrogens (tertiary/aromatic N) is 1. The Morgan fingerprint density at radius 1 is 1.15 bits per heavy atom. The van der Waals surface area contributed by atoms with Crippen molar-refractivity contribution in [2.75, 3.05) is 12.8 Å². The number of amides is 2. The summed E-state index contributed by atoms with van der Waals surface area (Å²) in [5, 5.41) is 2.85. The van der Waals surface area contributed by atoms with Crippen molar-refractivity contribution >= 4 is 23.6 Å². The van der Waals surface area contributed by atoms with Gasteiger partial charge in [0.05, 0.1) is 0 Å². The number of rotatable bonds is 7. The SMILES string of the molecule is CCC1NC(=O)C(CC)N(CC(CC)(CC)SC)C1=O. The van der Waals surface area contributed by atoms with Crippen molar-refractivity contribution in [3.63, 3.8) is 0 Å². The topological polar surface area (TPSA) is 49.4 Å². The quantitative estimate of drug-likeness (QED) is 0.785. The maximum absolute atomic E-state index is 12.6. The van der Waals surface area contributed by atoms with E-state index in [2.05, 4.69) is 25.4 Å². The lowest BCUT2D eigenvalue weighted by Gasteiger charge is -2.43. The van der Waals surface area contributed by atoms with Gasteiger partial charge in [0.25, 0.3) is 0 Å². The molecule has 0 bridgehead atoms. The number of nitrogens with one attached hydrogen (secondary N) is 1. The molecule has 4 nitrogen and oxygen atoms in total. The zero-order valence-electron chi connectivity index (χ0n) is 13.4. The van der Waals surface area contributed by atoms with E-state index in [0.29, 0.717) is 19.4 Å². The first-order valence-electron chi connectivity index (χ1n) is 7.64. The van der Waals surface area contributed by atoms with Crippen LogP contribution < -0.4 is 5.32 Å². The summed E-state index contributed by atoms with van der Waals surface area (Å²) in [4.78, 5) is 26.6. The van der Waals surface area contributed by atoms with Crippen LogP contribution in [-0.2, 0) is 9.59 Å². The molecule has 0 aromatic rings. The number of hydrogen-bond acceptors (Lipinski definition) is 3. The maximum atomic E-state index is 12.6. The van der Waals surface area contributed by atoms with E-state index >= 15 is 0 Å². The molecule has 1 rings (SSSR count). The third-order valence-corrected chi connectivity index (χ3v) is 6.12. The van der Waals surface area contributed by atoms with E-state index < -0.39 is 0 Å². The standard InChI is InChI=1S/C15H28N2O2S/c1-6-11-14(19)17(12(7-2)13(18)16-11)10-15(8-3,9-4)20-5/h11-12H,6-10H2,1-5H3,(H,16,18). The predicted octanol–water partition coefficient (Wildman–Crippen LogP) is 2.42. The predicted molar refractivity (Wildman–Crippen MR) is 84.8 cm³/mol. The molecule has 1 heterocycles. The van der Waals surface area contributed by atoms with Crippen LogP contribution in [0.25, 0.3) is 0 Å². The van der Waals surface area contributed by atoms with Crippen LogP contribution in [0.5, 0.6) is 0 Å². The number of hydrogen-bond donors (Lipinski definition) is 1. The maximum Gasteiger partial charge on any atom is 0.245 e. The zero-order valence-corrected chi connectivity index (χ0v) is 14.2. The van der Waals surface area contributed by atoms with E-state index in [9.17, 15) is 9.59 Å².